The van der Waals surface area contributed by atoms with Crippen LogP contribution in [0.15, 0.2) is 18.5 Å². The normalized spacial score (nSPS) is 12.2. The third-order valence-electron chi connectivity index (χ3n) is 1.25. The standard InChI is InChI=1S/C6H10N2O.ClH/c7-6(4-9)5-1-2-8-3-5;/h1-3,6,8-9H,4,7H2;1H/t6-;/m1./s1. The Hall–Kier alpha value is -0.510. The average molecular weight is 163 g/mol. The van der Waals surface area contributed by atoms with E-state index >= 15 is 0 Å². The summed E-state index contributed by atoms with van der Waals surface area (Å²) in [6.45, 7) is -0.00213. The second kappa shape index (κ2) is 4.33. The molecule has 58 valence electrons. The Kier molecular flexibility index (Phi) is 4.11. The SMILES string of the molecule is Cl.N[C@H](CO)c1cc[nH]c1. The zero-order chi connectivity index (χ0) is 6.69. The van der Waals surface area contributed by atoms with Crippen LogP contribution in [0.1, 0.15) is 11.6 Å². The quantitative estimate of drug-likeness (QED) is 0.591. The molecule has 0 bridgehead atoms. The largest absolute Gasteiger partial charge is 0.394 e. The second-order valence-electron chi connectivity index (χ2n) is 1.93. The fourth-order valence-electron chi connectivity index (χ4n) is 0.673. The number of H-pyrrole nitrogens is 1. The van der Waals surface area contributed by atoms with E-state index < -0.39 is 0 Å². The summed E-state index contributed by atoms with van der Waals surface area (Å²) < 4.78 is 0. The van der Waals surface area contributed by atoms with Crippen molar-refractivity contribution < 1.29 is 5.11 Å². The lowest BCUT2D eigenvalue weighted by Crippen LogP contribution is -2.13. The summed E-state index contributed by atoms with van der Waals surface area (Å²) >= 11 is 0. The highest BCUT2D eigenvalue weighted by Crippen LogP contribution is 2.05. The molecule has 0 unspecified atom stereocenters. The maximum atomic E-state index is 8.57. The molecule has 3 nitrogen and oxygen atoms in total. The number of aromatic nitrogens is 1. The molecule has 4 N–H and O–H groups in total. The Morgan fingerprint density at radius 2 is 2.40 bits per heavy atom. The van der Waals surface area contributed by atoms with Gasteiger partial charge in [0.2, 0.25) is 0 Å². The van der Waals surface area contributed by atoms with Gasteiger partial charge in [0.25, 0.3) is 0 Å². The molecule has 4 heteroatoms. The Morgan fingerprint density at radius 3 is 2.80 bits per heavy atom. The number of rotatable bonds is 2. The van der Waals surface area contributed by atoms with Crippen molar-refractivity contribution in [3.8, 4) is 0 Å². The Balaban J connectivity index is 0.000000810. The molecule has 0 fully saturated rings. The zero-order valence-electron chi connectivity index (χ0n) is 5.45. The summed E-state index contributed by atoms with van der Waals surface area (Å²) in [4.78, 5) is 2.85. The third kappa shape index (κ3) is 2.02. The fraction of sp³-hybridized carbons (Fsp3) is 0.333. The highest BCUT2D eigenvalue weighted by molar-refractivity contribution is 5.85. The van der Waals surface area contributed by atoms with Crippen molar-refractivity contribution in [3.63, 3.8) is 0 Å². The van der Waals surface area contributed by atoms with Crippen molar-refractivity contribution in [3.05, 3.63) is 24.0 Å². The van der Waals surface area contributed by atoms with Crippen molar-refractivity contribution in [2.75, 3.05) is 6.61 Å². The van der Waals surface area contributed by atoms with Crippen LogP contribution in [0.5, 0.6) is 0 Å². The van der Waals surface area contributed by atoms with E-state index in [0.29, 0.717) is 0 Å². The number of hydrogen-bond donors (Lipinski definition) is 3. The van der Waals surface area contributed by atoms with Gasteiger partial charge in [-0.1, -0.05) is 0 Å². The van der Waals surface area contributed by atoms with Crippen molar-refractivity contribution in [1.29, 1.82) is 0 Å². The number of nitrogens with one attached hydrogen (secondary N) is 1. The van der Waals surface area contributed by atoms with Gasteiger partial charge in [-0.05, 0) is 11.6 Å². The van der Waals surface area contributed by atoms with Crippen LogP contribution < -0.4 is 5.73 Å². The van der Waals surface area contributed by atoms with E-state index in [1.54, 1.807) is 12.4 Å². The van der Waals surface area contributed by atoms with Crippen LogP contribution in [0.3, 0.4) is 0 Å². The molecule has 1 heterocycles. The lowest BCUT2D eigenvalue weighted by Gasteiger charge is -2.02. The maximum Gasteiger partial charge on any atom is 0.0624 e. The van der Waals surface area contributed by atoms with Crippen LogP contribution >= 0.6 is 12.4 Å². The van der Waals surface area contributed by atoms with Gasteiger partial charge in [0, 0.05) is 12.4 Å². The van der Waals surface area contributed by atoms with E-state index in [0.717, 1.165) is 5.56 Å². The predicted octanol–water partition coefficient (Wildman–Crippen LogP) is 0.429. The zero-order valence-corrected chi connectivity index (χ0v) is 6.27. The number of hydrogen-bond acceptors (Lipinski definition) is 2. The number of halogens is 1. The van der Waals surface area contributed by atoms with Crippen LogP contribution in [0, 0.1) is 0 Å². The molecular formula is C6H11ClN2O. The van der Waals surface area contributed by atoms with Crippen molar-refractivity contribution >= 4 is 12.4 Å². The molecule has 0 radical (unpaired) electrons. The van der Waals surface area contributed by atoms with Gasteiger partial charge in [-0.2, -0.15) is 0 Å². The van der Waals surface area contributed by atoms with Gasteiger partial charge >= 0.3 is 0 Å². The monoisotopic (exact) mass is 162 g/mol. The maximum absolute atomic E-state index is 8.57. The summed E-state index contributed by atoms with van der Waals surface area (Å²) in [7, 11) is 0. The molecule has 1 atom stereocenters. The molecule has 0 aliphatic rings. The molecule has 10 heavy (non-hydrogen) atoms. The molecule has 0 spiro atoms. The third-order valence-corrected chi connectivity index (χ3v) is 1.25. The van der Waals surface area contributed by atoms with E-state index in [2.05, 4.69) is 4.98 Å². The van der Waals surface area contributed by atoms with E-state index in [1.165, 1.54) is 0 Å². The topological polar surface area (TPSA) is 62.0 Å². The molecule has 0 aliphatic carbocycles. The van der Waals surface area contributed by atoms with E-state index in [-0.39, 0.29) is 25.1 Å². The van der Waals surface area contributed by atoms with Gasteiger partial charge in [-0.3, -0.25) is 0 Å². The van der Waals surface area contributed by atoms with Crippen LogP contribution in [-0.4, -0.2) is 16.7 Å². The van der Waals surface area contributed by atoms with Crippen LogP contribution in [0.4, 0.5) is 0 Å². The minimum atomic E-state index is -0.240. The molecule has 0 saturated carbocycles. The van der Waals surface area contributed by atoms with Gasteiger partial charge in [0.15, 0.2) is 0 Å². The fourth-order valence-corrected chi connectivity index (χ4v) is 0.673. The molecule has 1 aromatic rings. The number of aromatic amines is 1. The first-order valence-electron chi connectivity index (χ1n) is 2.83. The number of nitrogens with two attached hydrogens (primary N) is 1. The van der Waals surface area contributed by atoms with Gasteiger partial charge in [-0.15, -0.1) is 12.4 Å². The number of aliphatic hydroxyl groups is 1. The van der Waals surface area contributed by atoms with Crippen molar-refractivity contribution in [1.82, 2.24) is 4.98 Å². The van der Waals surface area contributed by atoms with E-state index in [4.69, 9.17) is 10.8 Å². The van der Waals surface area contributed by atoms with Crippen molar-refractivity contribution in [2.45, 2.75) is 6.04 Å². The lowest BCUT2D eigenvalue weighted by atomic mass is 10.2. The van der Waals surface area contributed by atoms with E-state index in [1.807, 2.05) is 6.07 Å². The summed E-state index contributed by atoms with van der Waals surface area (Å²) in [5.74, 6) is 0. The smallest absolute Gasteiger partial charge is 0.0624 e. The molecule has 0 aliphatic heterocycles. The summed E-state index contributed by atoms with van der Waals surface area (Å²) in [6.07, 6.45) is 3.56. The summed E-state index contributed by atoms with van der Waals surface area (Å²) in [5, 5.41) is 8.57. The number of aliphatic hydroxyl groups excluding tert-OH is 1. The first-order valence-corrected chi connectivity index (χ1v) is 2.83. The predicted molar refractivity (Wildman–Crippen MR) is 42.1 cm³/mol. The molecule has 1 aromatic heterocycles. The molecule has 0 saturated heterocycles. The Bertz CT molecular complexity index is 164. The van der Waals surface area contributed by atoms with Gasteiger partial charge < -0.3 is 15.8 Å². The minimum Gasteiger partial charge on any atom is -0.394 e. The first-order chi connectivity index (χ1) is 4.34. The Labute approximate surface area is 65.7 Å². The highest BCUT2D eigenvalue weighted by atomic mass is 35.5. The summed E-state index contributed by atoms with van der Waals surface area (Å²) in [5.41, 5.74) is 6.41. The van der Waals surface area contributed by atoms with Crippen LogP contribution in [0.25, 0.3) is 0 Å². The van der Waals surface area contributed by atoms with E-state index in [9.17, 15) is 0 Å². The van der Waals surface area contributed by atoms with Gasteiger partial charge in [0.1, 0.15) is 0 Å². The Morgan fingerprint density at radius 1 is 1.70 bits per heavy atom. The molecule has 1 rings (SSSR count). The highest BCUT2D eigenvalue weighted by Gasteiger charge is 2.01. The summed E-state index contributed by atoms with van der Waals surface area (Å²) in [6, 6.07) is 1.61. The first kappa shape index (κ1) is 9.49. The van der Waals surface area contributed by atoms with Crippen molar-refractivity contribution in [2.24, 2.45) is 5.73 Å². The van der Waals surface area contributed by atoms with Crippen LogP contribution in [-0.2, 0) is 0 Å². The molecular weight excluding hydrogens is 152 g/mol. The second-order valence-corrected chi connectivity index (χ2v) is 1.93. The molecule has 0 amide bonds. The lowest BCUT2D eigenvalue weighted by molar-refractivity contribution is 0.268. The van der Waals surface area contributed by atoms with Crippen LogP contribution in [0.2, 0.25) is 0 Å². The van der Waals surface area contributed by atoms with Gasteiger partial charge in [-0.25, -0.2) is 0 Å². The van der Waals surface area contributed by atoms with Gasteiger partial charge in [0.05, 0.1) is 12.6 Å². The average Bonchev–Trinajstić information content (AvgIpc) is 2.37. The minimum absolute atomic E-state index is 0. The molecule has 0 aromatic carbocycles.